The molecule has 1 heterocycles. The fourth-order valence-corrected chi connectivity index (χ4v) is 4.93. The Morgan fingerprint density at radius 1 is 0.850 bits per heavy atom. The standard InChI is InChI=1S/C33H33FN4O2/c1-36(2)19-20-37(22-24-9-4-3-5-10-24)32(39)26-11-8-12-28(21-26)35-31-29-13-6-7-14-30(29)33(40)38(31)23-25-15-17-27(34)18-16-25/h3-18,21,31,35H,19-20,22-23H2,1-2H3. The third-order valence-corrected chi connectivity index (χ3v) is 7.06. The Kier molecular flexibility index (Phi) is 8.22. The molecule has 2 amide bonds. The van der Waals surface area contributed by atoms with Gasteiger partial charge in [-0.2, -0.15) is 0 Å². The van der Waals surface area contributed by atoms with Crippen LogP contribution in [-0.4, -0.2) is 53.7 Å². The second-order valence-electron chi connectivity index (χ2n) is 10.3. The summed E-state index contributed by atoms with van der Waals surface area (Å²) in [5, 5.41) is 3.50. The van der Waals surface area contributed by atoms with Crippen LogP contribution in [0.5, 0.6) is 0 Å². The van der Waals surface area contributed by atoms with E-state index in [0.29, 0.717) is 30.8 Å². The van der Waals surface area contributed by atoms with Crippen LogP contribution in [0, 0.1) is 5.82 Å². The third-order valence-electron chi connectivity index (χ3n) is 7.06. The highest BCUT2D eigenvalue weighted by molar-refractivity contribution is 5.99. The Bertz CT molecular complexity index is 1470. The number of benzene rings is 4. The van der Waals surface area contributed by atoms with E-state index < -0.39 is 6.17 Å². The number of carbonyl (C=O) groups excluding carboxylic acids is 2. The zero-order valence-electron chi connectivity index (χ0n) is 22.8. The molecule has 1 N–H and O–H groups in total. The first-order chi connectivity index (χ1) is 19.4. The van der Waals surface area contributed by atoms with Crippen LogP contribution in [-0.2, 0) is 13.1 Å². The van der Waals surface area contributed by atoms with Gasteiger partial charge in [0.25, 0.3) is 11.8 Å². The van der Waals surface area contributed by atoms with E-state index in [1.54, 1.807) is 17.0 Å². The van der Waals surface area contributed by atoms with Crippen molar-refractivity contribution in [3.05, 3.63) is 137 Å². The highest BCUT2D eigenvalue weighted by atomic mass is 19.1. The van der Waals surface area contributed by atoms with Crippen molar-refractivity contribution in [1.82, 2.24) is 14.7 Å². The summed E-state index contributed by atoms with van der Waals surface area (Å²) in [6.45, 7) is 2.17. The van der Waals surface area contributed by atoms with E-state index in [2.05, 4.69) is 10.2 Å². The van der Waals surface area contributed by atoms with E-state index in [4.69, 9.17) is 0 Å². The number of hydrogen-bond donors (Lipinski definition) is 1. The lowest BCUT2D eigenvalue weighted by molar-refractivity contribution is 0.0721. The molecule has 1 atom stereocenters. The minimum absolute atomic E-state index is 0.0552. The molecule has 0 saturated carbocycles. The Morgan fingerprint density at radius 2 is 1.57 bits per heavy atom. The topological polar surface area (TPSA) is 55.9 Å². The normalized spacial score (nSPS) is 14.3. The van der Waals surface area contributed by atoms with E-state index in [1.807, 2.05) is 97.9 Å². The number of anilines is 1. The van der Waals surface area contributed by atoms with Crippen LogP contribution in [0.15, 0.2) is 103 Å². The lowest BCUT2D eigenvalue weighted by Gasteiger charge is -2.28. The summed E-state index contributed by atoms with van der Waals surface area (Å²) in [7, 11) is 3.99. The molecule has 0 aromatic heterocycles. The zero-order chi connectivity index (χ0) is 28.1. The molecule has 4 aromatic carbocycles. The lowest BCUT2D eigenvalue weighted by Crippen LogP contribution is -2.36. The average Bonchev–Trinajstić information content (AvgIpc) is 3.22. The van der Waals surface area contributed by atoms with Gasteiger partial charge in [0.05, 0.1) is 0 Å². The Hall–Kier alpha value is -4.49. The summed E-state index contributed by atoms with van der Waals surface area (Å²) in [6.07, 6.45) is -0.437. The van der Waals surface area contributed by atoms with Gasteiger partial charge in [0, 0.05) is 48.6 Å². The zero-order valence-corrected chi connectivity index (χ0v) is 22.8. The average molecular weight is 537 g/mol. The van der Waals surface area contributed by atoms with Gasteiger partial charge in [0.15, 0.2) is 0 Å². The minimum atomic E-state index is -0.437. The molecule has 0 spiro atoms. The van der Waals surface area contributed by atoms with Crippen molar-refractivity contribution >= 4 is 17.5 Å². The number of amides is 2. The second-order valence-corrected chi connectivity index (χ2v) is 10.3. The Balaban J connectivity index is 1.40. The second kappa shape index (κ2) is 12.1. The van der Waals surface area contributed by atoms with Gasteiger partial charge in [-0.1, -0.05) is 66.7 Å². The molecule has 7 heteroatoms. The number of nitrogens with zero attached hydrogens (tertiary/aromatic N) is 3. The first kappa shape index (κ1) is 27.1. The summed E-state index contributed by atoms with van der Waals surface area (Å²) in [5.74, 6) is -0.467. The van der Waals surface area contributed by atoms with Gasteiger partial charge < -0.3 is 20.0 Å². The molecule has 1 unspecified atom stereocenters. The van der Waals surface area contributed by atoms with Gasteiger partial charge in [-0.05, 0) is 61.6 Å². The number of halogens is 1. The smallest absolute Gasteiger partial charge is 0.256 e. The fourth-order valence-electron chi connectivity index (χ4n) is 4.93. The van der Waals surface area contributed by atoms with Crippen LogP contribution in [0.1, 0.15) is 43.6 Å². The Morgan fingerprint density at radius 3 is 2.33 bits per heavy atom. The molecule has 0 bridgehead atoms. The van der Waals surface area contributed by atoms with Crippen LogP contribution in [0.3, 0.4) is 0 Å². The molecule has 0 radical (unpaired) electrons. The maximum absolute atomic E-state index is 13.7. The first-order valence-corrected chi connectivity index (χ1v) is 13.4. The van der Waals surface area contributed by atoms with Gasteiger partial charge in [-0.15, -0.1) is 0 Å². The molecular weight excluding hydrogens is 503 g/mol. The first-order valence-electron chi connectivity index (χ1n) is 13.4. The van der Waals surface area contributed by atoms with Crippen LogP contribution in [0.2, 0.25) is 0 Å². The summed E-state index contributed by atoms with van der Waals surface area (Å²) in [4.78, 5) is 32.8. The molecule has 4 aromatic rings. The molecular formula is C33H33FN4O2. The van der Waals surface area contributed by atoms with Crippen LogP contribution >= 0.6 is 0 Å². The Labute approximate surface area is 234 Å². The van der Waals surface area contributed by atoms with Crippen molar-refractivity contribution in [1.29, 1.82) is 0 Å². The highest BCUT2D eigenvalue weighted by Gasteiger charge is 2.36. The predicted molar refractivity (Wildman–Crippen MR) is 155 cm³/mol. The number of hydrogen-bond acceptors (Lipinski definition) is 4. The van der Waals surface area contributed by atoms with Crippen LogP contribution in [0.25, 0.3) is 0 Å². The number of rotatable bonds is 10. The fraction of sp³-hybridized carbons (Fsp3) is 0.212. The monoisotopic (exact) mass is 536 g/mol. The van der Waals surface area contributed by atoms with Crippen molar-refractivity contribution in [3.8, 4) is 0 Å². The minimum Gasteiger partial charge on any atom is -0.361 e. The molecule has 40 heavy (non-hydrogen) atoms. The van der Waals surface area contributed by atoms with Gasteiger partial charge in [0.2, 0.25) is 0 Å². The highest BCUT2D eigenvalue weighted by Crippen LogP contribution is 2.35. The van der Waals surface area contributed by atoms with Crippen molar-refractivity contribution in [2.24, 2.45) is 0 Å². The largest absolute Gasteiger partial charge is 0.361 e. The molecule has 204 valence electrons. The summed E-state index contributed by atoms with van der Waals surface area (Å²) in [6, 6.07) is 31.1. The quantitative estimate of drug-likeness (QED) is 0.279. The summed E-state index contributed by atoms with van der Waals surface area (Å²) >= 11 is 0. The lowest BCUT2D eigenvalue weighted by atomic mass is 10.1. The maximum Gasteiger partial charge on any atom is 0.256 e. The molecule has 0 aliphatic carbocycles. The van der Waals surface area contributed by atoms with E-state index in [9.17, 15) is 14.0 Å². The number of fused-ring (bicyclic) bond motifs is 1. The third kappa shape index (κ3) is 6.21. The van der Waals surface area contributed by atoms with E-state index >= 15 is 0 Å². The van der Waals surface area contributed by atoms with Crippen molar-refractivity contribution in [2.75, 3.05) is 32.5 Å². The summed E-state index contributed by atoms with van der Waals surface area (Å²) < 4.78 is 13.5. The molecule has 6 nitrogen and oxygen atoms in total. The molecule has 1 aliphatic rings. The van der Waals surface area contributed by atoms with Crippen molar-refractivity contribution in [3.63, 3.8) is 0 Å². The van der Waals surface area contributed by atoms with Crippen LogP contribution in [0.4, 0.5) is 10.1 Å². The van der Waals surface area contributed by atoms with E-state index in [0.717, 1.165) is 28.9 Å². The number of likely N-dealkylation sites (N-methyl/N-ethyl adjacent to an activating group) is 1. The van der Waals surface area contributed by atoms with E-state index in [1.165, 1.54) is 12.1 Å². The SMILES string of the molecule is CN(C)CCN(Cc1ccccc1)C(=O)c1cccc(NC2c3ccccc3C(=O)N2Cc2ccc(F)cc2)c1. The van der Waals surface area contributed by atoms with Gasteiger partial charge in [0.1, 0.15) is 12.0 Å². The maximum atomic E-state index is 13.7. The molecule has 0 saturated heterocycles. The van der Waals surface area contributed by atoms with Gasteiger partial charge >= 0.3 is 0 Å². The van der Waals surface area contributed by atoms with Gasteiger partial charge in [-0.3, -0.25) is 9.59 Å². The predicted octanol–water partition coefficient (Wildman–Crippen LogP) is 5.80. The summed E-state index contributed by atoms with van der Waals surface area (Å²) in [5.41, 5.74) is 4.70. The molecule has 0 fully saturated rings. The van der Waals surface area contributed by atoms with Gasteiger partial charge in [-0.25, -0.2) is 4.39 Å². The number of nitrogens with one attached hydrogen (secondary N) is 1. The van der Waals surface area contributed by atoms with Crippen molar-refractivity contribution in [2.45, 2.75) is 19.3 Å². The number of carbonyl (C=O) groups is 2. The molecule has 1 aliphatic heterocycles. The molecule has 5 rings (SSSR count). The van der Waals surface area contributed by atoms with Crippen LogP contribution < -0.4 is 5.32 Å². The van der Waals surface area contributed by atoms with E-state index in [-0.39, 0.29) is 17.6 Å². The van der Waals surface area contributed by atoms with Crippen molar-refractivity contribution < 1.29 is 14.0 Å².